The SMILES string of the molecule is Cc1ccoc1CNCCC1CCCCO1. The smallest absolute Gasteiger partial charge is 0.120 e. The molecule has 90 valence electrons. The molecule has 2 heterocycles. The van der Waals surface area contributed by atoms with Crippen molar-refractivity contribution >= 4 is 0 Å². The second-order valence-electron chi connectivity index (χ2n) is 4.48. The average molecular weight is 223 g/mol. The highest BCUT2D eigenvalue weighted by Crippen LogP contribution is 2.15. The Kier molecular flexibility index (Phi) is 4.43. The van der Waals surface area contributed by atoms with Crippen molar-refractivity contribution in [1.29, 1.82) is 0 Å². The molecule has 0 aromatic carbocycles. The molecule has 2 rings (SSSR count). The van der Waals surface area contributed by atoms with Crippen molar-refractivity contribution < 1.29 is 9.15 Å². The van der Waals surface area contributed by atoms with Crippen LogP contribution in [0.2, 0.25) is 0 Å². The van der Waals surface area contributed by atoms with Gasteiger partial charge in [-0.05, 0) is 50.8 Å². The second kappa shape index (κ2) is 6.06. The highest BCUT2D eigenvalue weighted by Gasteiger charge is 2.12. The Balaban J connectivity index is 1.59. The molecule has 0 aliphatic carbocycles. The van der Waals surface area contributed by atoms with Crippen LogP contribution in [0.1, 0.15) is 37.0 Å². The molecular weight excluding hydrogens is 202 g/mol. The third-order valence-electron chi connectivity index (χ3n) is 3.17. The van der Waals surface area contributed by atoms with Gasteiger partial charge in [0.15, 0.2) is 0 Å². The lowest BCUT2D eigenvalue weighted by Crippen LogP contribution is -2.25. The van der Waals surface area contributed by atoms with Crippen LogP contribution in [0.3, 0.4) is 0 Å². The zero-order valence-electron chi connectivity index (χ0n) is 10.00. The van der Waals surface area contributed by atoms with Gasteiger partial charge in [-0.1, -0.05) is 0 Å². The topological polar surface area (TPSA) is 34.4 Å². The van der Waals surface area contributed by atoms with Crippen LogP contribution >= 0.6 is 0 Å². The van der Waals surface area contributed by atoms with Crippen molar-refractivity contribution in [3.63, 3.8) is 0 Å². The zero-order valence-corrected chi connectivity index (χ0v) is 10.00. The van der Waals surface area contributed by atoms with Gasteiger partial charge in [-0.3, -0.25) is 0 Å². The summed E-state index contributed by atoms with van der Waals surface area (Å²) in [5.41, 5.74) is 1.22. The summed E-state index contributed by atoms with van der Waals surface area (Å²) in [5, 5.41) is 3.40. The molecule has 0 radical (unpaired) electrons. The normalized spacial score (nSPS) is 21.2. The number of furan rings is 1. The van der Waals surface area contributed by atoms with E-state index in [1.54, 1.807) is 6.26 Å². The standard InChI is InChI=1S/C13H21NO2/c1-11-6-9-16-13(11)10-14-7-5-12-4-2-3-8-15-12/h6,9,12,14H,2-5,7-8,10H2,1H3. The average Bonchev–Trinajstić information content (AvgIpc) is 2.72. The minimum absolute atomic E-state index is 0.471. The van der Waals surface area contributed by atoms with Gasteiger partial charge in [0.25, 0.3) is 0 Å². The van der Waals surface area contributed by atoms with E-state index < -0.39 is 0 Å². The number of rotatable bonds is 5. The summed E-state index contributed by atoms with van der Waals surface area (Å²) < 4.78 is 11.0. The molecule has 16 heavy (non-hydrogen) atoms. The molecule has 0 spiro atoms. The first-order chi connectivity index (χ1) is 7.86. The molecule has 0 amide bonds. The van der Waals surface area contributed by atoms with E-state index in [9.17, 15) is 0 Å². The fourth-order valence-electron chi connectivity index (χ4n) is 2.09. The molecule has 1 atom stereocenters. The second-order valence-corrected chi connectivity index (χ2v) is 4.48. The van der Waals surface area contributed by atoms with Crippen molar-refractivity contribution in [1.82, 2.24) is 5.32 Å². The molecular formula is C13H21NO2. The maximum atomic E-state index is 5.68. The van der Waals surface area contributed by atoms with Crippen LogP contribution in [0.25, 0.3) is 0 Å². The molecule has 1 aromatic rings. The van der Waals surface area contributed by atoms with Crippen molar-refractivity contribution in [2.24, 2.45) is 0 Å². The molecule has 1 aliphatic rings. The summed E-state index contributed by atoms with van der Waals surface area (Å²) >= 11 is 0. The predicted octanol–water partition coefficient (Wildman–Crippen LogP) is 2.64. The van der Waals surface area contributed by atoms with E-state index in [-0.39, 0.29) is 0 Å². The van der Waals surface area contributed by atoms with Gasteiger partial charge >= 0.3 is 0 Å². The lowest BCUT2D eigenvalue weighted by atomic mass is 10.1. The van der Waals surface area contributed by atoms with E-state index in [1.165, 1.54) is 24.8 Å². The van der Waals surface area contributed by atoms with Crippen molar-refractivity contribution in [2.75, 3.05) is 13.2 Å². The zero-order chi connectivity index (χ0) is 11.2. The van der Waals surface area contributed by atoms with E-state index in [0.29, 0.717) is 6.10 Å². The molecule has 1 unspecified atom stereocenters. The first-order valence-electron chi connectivity index (χ1n) is 6.21. The van der Waals surface area contributed by atoms with Gasteiger partial charge in [0, 0.05) is 6.61 Å². The van der Waals surface area contributed by atoms with Crippen LogP contribution in [0.15, 0.2) is 16.7 Å². The lowest BCUT2D eigenvalue weighted by molar-refractivity contribution is 0.0115. The van der Waals surface area contributed by atoms with Gasteiger partial charge in [-0.15, -0.1) is 0 Å². The van der Waals surface area contributed by atoms with Crippen LogP contribution in [-0.4, -0.2) is 19.3 Å². The summed E-state index contributed by atoms with van der Waals surface area (Å²) in [6.45, 7) is 4.85. The van der Waals surface area contributed by atoms with Gasteiger partial charge in [-0.2, -0.15) is 0 Å². The van der Waals surface area contributed by atoms with Crippen molar-refractivity contribution in [3.05, 3.63) is 23.7 Å². The molecule has 1 N–H and O–H groups in total. The van der Waals surface area contributed by atoms with E-state index in [2.05, 4.69) is 12.2 Å². The van der Waals surface area contributed by atoms with Crippen LogP contribution in [0, 0.1) is 6.92 Å². The summed E-state index contributed by atoms with van der Waals surface area (Å²) in [5.74, 6) is 1.05. The lowest BCUT2D eigenvalue weighted by Gasteiger charge is -2.22. The Hall–Kier alpha value is -0.800. The van der Waals surface area contributed by atoms with Crippen LogP contribution in [0.4, 0.5) is 0 Å². The van der Waals surface area contributed by atoms with Crippen LogP contribution in [-0.2, 0) is 11.3 Å². The predicted molar refractivity (Wildman–Crippen MR) is 63.4 cm³/mol. The first kappa shape index (κ1) is 11.7. The van der Waals surface area contributed by atoms with Crippen LogP contribution in [0.5, 0.6) is 0 Å². The minimum atomic E-state index is 0.471. The maximum Gasteiger partial charge on any atom is 0.120 e. The quantitative estimate of drug-likeness (QED) is 0.779. The van der Waals surface area contributed by atoms with Gasteiger partial charge in [0.1, 0.15) is 5.76 Å². The molecule has 3 nitrogen and oxygen atoms in total. The molecule has 3 heteroatoms. The highest BCUT2D eigenvalue weighted by atomic mass is 16.5. The van der Waals surface area contributed by atoms with Gasteiger partial charge < -0.3 is 14.5 Å². The Labute approximate surface area is 97.2 Å². The summed E-state index contributed by atoms with van der Waals surface area (Å²) in [4.78, 5) is 0. The van der Waals surface area contributed by atoms with E-state index in [1.807, 2.05) is 6.07 Å². The summed E-state index contributed by atoms with van der Waals surface area (Å²) in [6.07, 6.45) is 7.11. The number of ether oxygens (including phenoxy) is 1. The molecule has 1 saturated heterocycles. The Morgan fingerprint density at radius 2 is 2.38 bits per heavy atom. The van der Waals surface area contributed by atoms with Crippen molar-refractivity contribution in [2.45, 2.75) is 45.3 Å². The number of aryl methyl sites for hydroxylation is 1. The van der Waals surface area contributed by atoms with E-state index >= 15 is 0 Å². The Morgan fingerprint density at radius 1 is 1.44 bits per heavy atom. The molecule has 0 saturated carbocycles. The van der Waals surface area contributed by atoms with E-state index in [0.717, 1.165) is 31.9 Å². The third kappa shape index (κ3) is 3.35. The number of hydrogen-bond acceptors (Lipinski definition) is 3. The number of hydrogen-bond donors (Lipinski definition) is 1. The fourth-order valence-corrected chi connectivity index (χ4v) is 2.09. The van der Waals surface area contributed by atoms with Crippen LogP contribution < -0.4 is 5.32 Å². The van der Waals surface area contributed by atoms with Gasteiger partial charge in [-0.25, -0.2) is 0 Å². The Bertz CT molecular complexity index is 303. The fraction of sp³-hybridized carbons (Fsp3) is 0.692. The van der Waals surface area contributed by atoms with Gasteiger partial charge in [0.2, 0.25) is 0 Å². The molecule has 0 bridgehead atoms. The third-order valence-corrected chi connectivity index (χ3v) is 3.17. The molecule has 1 aliphatic heterocycles. The van der Waals surface area contributed by atoms with E-state index in [4.69, 9.17) is 9.15 Å². The highest BCUT2D eigenvalue weighted by molar-refractivity contribution is 5.13. The minimum Gasteiger partial charge on any atom is -0.468 e. The first-order valence-corrected chi connectivity index (χ1v) is 6.21. The molecule has 1 fully saturated rings. The maximum absolute atomic E-state index is 5.68. The monoisotopic (exact) mass is 223 g/mol. The van der Waals surface area contributed by atoms with Gasteiger partial charge in [0.05, 0.1) is 18.9 Å². The Morgan fingerprint density at radius 3 is 3.06 bits per heavy atom. The summed E-state index contributed by atoms with van der Waals surface area (Å²) in [7, 11) is 0. The van der Waals surface area contributed by atoms with Crippen molar-refractivity contribution in [3.8, 4) is 0 Å². The molecule has 1 aromatic heterocycles. The largest absolute Gasteiger partial charge is 0.468 e. The number of nitrogens with one attached hydrogen (secondary N) is 1. The summed E-state index contributed by atoms with van der Waals surface area (Å²) in [6, 6.07) is 2.00.